The Hall–Kier alpha value is -1.76. The molecular formula is C15H19F2N3O2. The number of pyridine rings is 1. The minimum Gasteiger partial charge on any atom is -0.373 e. The molecule has 1 saturated carbocycles. The summed E-state index contributed by atoms with van der Waals surface area (Å²) in [7, 11) is 1.65. The molecule has 0 radical (unpaired) electrons. The highest BCUT2D eigenvalue weighted by Gasteiger charge is 2.47. The van der Waals surface area contributed by atoms with Crippen molar-refractivity contribution in [2.45, 2.75) is 30.8 Å². The number of carbonyl (C=O) groups excluding carboxylic acids is 1. The molecule has 1 aliphatic carbocycles. The highest BCUT2D eigenvalue weighted by atomic mass is 19.3. The third kappa shape index (κ3) is 3.04. The normalized spacial score (nSPS) is 24.8. The van der Waals surface area contributed by atoms with Crippen LogP contribution in [0.5, 0.6) is 0 Å². The Labute approximate surface area is 127 Å². The summed E-state index contributed by atoms with van der Waals surface area (Å²) in [5.41, 5.74) is 0.976. The van der Waals surface area contributed by atoms with Crippen molar-refractivity contribution in [3.8, 4) is 0 Å². The van der Waals surface area contributed by atoms with Gasteiger partial charge in [-0.05, 0) is 36.5 Å². The SMILES string of the molecule is CN(C(=O)NC1COCC1(F)F)C(c1ccncc1)C1CC1. The quantitative estimate of drug-likeness (QED) is 0.927. The second-order valence-electron chi connectivity index (χ2n) is 5.95. The van der Waals surface area contributed by atoms with Crippen LogP contribution in [-0.4, -0.2) is 48.1 Å². The van der Waals surface area contributed by atoms with E-state index in [2.05, 4.69) is 10.3 Å². The average Bonchev–Trinajstić information content (AvgIpc) is 3.26. The first-order valence-electron chi connectivity index (χ1n) is 7.38. The lowest BCUT2D eigenvalue weighted by atomic mass is 10.0. The maximum Gasteiger partial charge on any atom is 0.318 e. The lowest BCUT2D eigenvalue weighted by Gasteiger charge is -2.30. The molecule has 1 saturated heterocycles. The number of rotatable bonds is 4. The third-order valence-electron chi connectivity index (χ3n) is 4.24. The van der Waals surface area contributed by atoms with Gasteiger partial charge in [0.1, 0.15) is 12.6 Å². The van der Waals surface area contributed by atoms with Crippen LogP contribution in [0.2, 0.25) is 0 Å². The summed E-state index contributed by atoms with van der Waals surface area (Å²) < 4.78 is 31.9. The summed E-state index contributed by atoms with van der Waals surface area (Å²) in [4.78, 5) is 17.8. The molecule has 1 aliphatic heterocycles. The largest absolute Gasteiger partial charge is 0.373 e. The van der Waals surface area contributed by atoms with Crippen LogP contribution in [0.4, 0.5) is 13.6 Å². The fourth-order valence-corrected chi connectivity index (χ4v) is 2.84. The van der Waals surface area contributed by atoms with Crippen LogP contribution >= 0.6 is 0 Å². The Balaban J connectivity index is 1.71. The predicted octanol–water partition coefficient (Wildman–Crippen LogP) is 2.21. The van der Waals surface area contributed by atoms with Gasteiger partial charge in [0.25, 0.3) is 5.92 Å². The Morgan fingerprint density at radius 3 is 2.68 bits per heavy atom. The number of hydrogen-bond donors (Lipinski definition) is 1. The van der Waals surface area contributed by atoms with E-state index in [1.54, 1.807) is 19.4 Å². The molecule has 5 nitrogen and oxygen atoms in total. The molecule has 3 rings (SSSR count). The van der Waals surface area contributed by atoms with Gasteiger partial charge >= 0.3 is 6.03 Å². The van der Waals surface area contributed by atoms with Gasteiger partial charge in [-0.25, -0.2) is 13.6 Å². The van der Waals surface area contributed by atoms with E-state index >= 15 is 0 Å². The van der Waals surface area contributed by atoms with Crippen LogP contribution in [0.1, 0.15) is 24.4 Å². The highest BCUT2D eigenvalue weighted by molar-refractivity contribution is 5.75. The summed E-state index contributed by atoms with van der Waals surface area (Å²) >= 11 is 0. The molecule has 1 aromatic heterocycles. The lowest BCUT2D eigenvalue weighted by molar-refractivity contribution is -0.0224. The molecule has 0 bridgehead atoms. The van der Waals surface area contributed by atoms with Crippen molar-refractivity contribution in [1.82, 2.24) is 15.2 Å². The van der Waals surface area contributed by atoms with Crippen LogP contribution in [0.15, 0.2) is 24.5 Å². The van der Waals surface area contributed by atoms with E-state index in [0.717, 1.165) is 18.4 Å². The van der Waals surface area contributed by atoms with Gasteiger partial charge in [-0.2, -0.15) is 0 Å². The predicted molar refractivity (Wildman–Crippen MR) is 75.6 cm³/mol. The van der Waals surface area contributed by atoms with Gasteiger partial charge in [0.15, 0.2) is 0 Å². The smallest absolute Gasteiger partial charge is 0.318 e. The molecule has 22 heavy (non-hydrogen) atoms. The zero-order valence-corrected chi connectivity index (χ0v) is 12.3. The first-order chi connectivity index (χ1) is 10.5. The second-order valence-corrected chi connectivity index (χ2v) is 5.95. The highest BCUT2D eigenvalue weighted by Crippen LogP contribution is 2.44. The maximum atomic E-state index is 13.6. The lowest BCUT2D eigenvalue weighted by Crippen LogP contribution is -2.51. The van der Waals surface area contributed by atoms with E-state index in [-0.39, 0.29) is 12.6 Å². The Morgan fingerprint density at radius 2 is 2.14 bits per heavy atom. The van der Waals surface area contributed by atoms with Crippen molar-refractivity contribution in [3.05, 3.63) is 30.1 Å². The second kappa shape index (κ2) is 5.79. The standard InChI is InChI=1S/C15H19F2N3O2/c1-20(14(21)19-12-8-22-9-15(12,16)17)13(10-2-3-10)11-4-6-18-7-5-11/h4-7,10,12-13H,2-3,8-9H2,1H3,(H,19,21). The molecule has 2 heterocycles. The third-order valence-corrected chi connectivity index (χ3v) is 4.24. The van der Waals surface area contributed by atoms with Crippen LogP contribution in [0.3, 0.4) is 0 Å². The minimum absolute atomic E-state index is 0.112. The summed E-state index contributed by atoms with van der Waals surface area (Å²) in [6.07, 6.45) is 5.42. The van der Waals surface area contributed by atoms with Crippen LogP contribution in [0.25, 0.3) is 0 Å². The number of alkyl halides is 2. The molecule has 2 unspecified atom stereocenters. The average molecular weight is 311 g/mol. The Kier molecular flexibility index (Phi) is 3.99. The van der Waals surface area contributed by atoms with Crippen LogP contribution < -0.4 is 5.32 Å². The van der Waals surface area contributed by atoms with Gasteiger partial charge in [-0.3, -0.25) is 4.98 Å². The van der Waals surface area contributed by atoms with Crippen molar-refractivity contribution >= 4 is 6.03 Å². The molecule has 2 amide bonds. The van der Waals surface area contributed by atoms with E-state index in [0.29, 0.717) is 5.92 Å². The van der Waals surface area contributed by atoms with Crippen LogP contribution in [-0.2, 0) is 4.74 Å². The number of ether oxygens (including phenoxy) is 1. The Morgan fingerprint density at radius 1 is 1.45 bits per heavy atom. The number of nitrogens with zero attached hydrogens (tertiary/aromatic N) is 2. The molecule has 7 heteroatoms. The van der Waals surface area contributed by atoms with Crippen molar-refractivity contribution in [2.24, 2.45) is 5.92 Å². The van der Waals surface area contributed by atoms with Gasteiger partial charge in [-0.15, -0.1) is 0 Å². The topological polar surface area (TPSA) is 54.5 Å². The fraction of sp³-hybridized carbons (Fsp3) is 0.600. The van der Waals surface area contributed by atoms with E-state index < -0.39 is 24.6 Å². The summed E-state index contributed by atoms with van der Waals surface area (Å²) in [5.74, 6) is -2.64. The molecule has 0 aromatic carbocycles. The molecule has 1 N–H and O–H groups in total. The number of aromatic nitrogens is 1. The number of amides is 2. The number of nitrogens with one attached hydrogen (secondary N) is 1. The van der Waals surface area contributed by atoms with Gasteiger partial charge in [0.05, 0.1) is 12.6 Å². The van der Waals surface area contributed by atoms with E-state index in [1.165, 1.54) is 4.90 Å². The van der Waals surface area contributed by atoms with Gasteiger partial charge in [0, 0.05) is 19.4 Å². The zero-order chi connectivity index (χ0) is 15.7. The zero-order valence-electron chi connectivity index (χ0n) is 12.3. The molecule has 120 valence electrons. The first kappa shape index (κ1) is 15.1. The van der Waals surface area contributed by atoms with Crippen LogP contribution in [0, 0.1) is 5.92 Å². The first-order valence-corrected chi connectivity index (χ1v) is 7.38. The van der Waals surface area contributed by atoms with Gasteiger partial charge in [-0.1, -0.05) is 0 Å². The van der Waals surface area contributed by atoms with Crippen molar-refractivity contribution in [2.75, 3.05) is 20.3 Å². The molecular weight excluding hydrogens is 292 g/mol. The number of urea groups is 1. The Bertz CT molecular complexity index is 537. The number of hydrogen-bond acceptors (Lipinski definition) is 3. The number of carbonyl (C=O) groups is 1. The van der Waals surface area contributed by atoms with Crippen molar-refractivity contribution < 1.29 is 18.3 Å². The molecule has 2 atom stereocenters. The molecule has 2 aliphatic rings. The molecule has 0 spiro atoms. The van der Waals surface area contributed by atoms with Gasteiger partial charge in [0.2, 0.25) is 0 Å². The van der Waals surface area contributed by atoms with E-state index in [4.69, 9.17) is 4.74 Å². The summed E-state index contributed by atoms with van der Waals surface area (Å²) in [5, 5.41) is 2.40. The van der Waals surface area contributed by atoms with E-state index in [9.17, 15) is 13.6 Å². The maximum absolute atomic E-state index is 13.6. The van der Waals surface area contributed by atoms with Crippen molar-refractivity contribution in [3.63, 3.8) is 0 Å². The number of halogens is 2. The minimum atomic E-state index is -3.01. The summed E-state index contributed by atoms with van der Waals surface area (Å²) in [6.45, 7) is -0.798. The van der Waals surface area contributed by atoms with Gasteiger partial charge < -0.3 is 15.0 Å². The monoisotopic (exact) mass is 311 g/mol. The molecule has 2 fully saturated rings. The van der Waals surface area contributed by atoms with E-state index in [1.807, 2.05) is 12.1 Å². The molecule has 1 aromatic rings. The fourth-order valence-electron chi connectivity index (χ4n) is 2.84. The summed E-state index contributed by atoms with van der Waals surface area (Å²) in [6, 6.07) is 1.85. The van der Waals surface area contributed by atoms with Crippen molar-refractivity contribution in [1.29, 1.82) is 0 Å².